The lowest BCUT2D eigenvalue weighted by molar-refractivity contribution is -0.126. The van der Waals surface area contributed by atoms with Crippen molar-refractivity contribution in [1.29, 1.82) is 0 Å². The molecule has 0 saturated heterocycles. The van der Waals surface area contributed by atoms with Gasteiger partial charge < -0.3 is 9.84 Å². The van der Waals surface area contributed by atoms with Gasteiger partial charge in [0.1, 0.15) is 0 Å². The Labute approximate surface area is 97.6 Å². The summed E-state index contributed by atoms with van der Waals surface area (Å²) in [5.74, 6) is 0. The highest BCUT2D eigenvalue weighted by atomic mass is 79.9. The van der Waals surface area contributed by atoms with Gasteiger partial charge in [-0.3, -0.25) is 4.98 Å². The fourth-order valence-corrected chi connectivity index (χ4v) is 2.18. The molecule has 0 unspecified atom stereocenters. The first-order valence-corrected chi connectivity index (χ1v) is 5.76. The molecule has 0 radical (unpaired) electrons. The number of hydrogen-bond donors (Lipinski definition) is 1. The van der Waals surface area contributed by atoms with Crippen LogP contribution in [0, 0.1) is 0 Å². The molecule has 0 aromatic carbocycles. The molecule has 1 saturated carbocycles. The molecule has 1 fully saturated rings. The summed E-state index contributed by atoms with van der Waals surface area (Å²) in [5, 5.41) is 10.1. The van der Waals surface area contributed by atoms with Gasteiger partial charge in [0.25, 0.3) is 0 Å². The first-order valence-electron chi connectivity index (χ1n) is 4.97. The molecule has 82 valence electrons. The first kappa shape index (κ1) is 11.0. The second-order valence-electron chi connectivity index (χ2n) is 4.13. The summed E-state index contributed by atoms with van der Waals surface area (Å²) < 4.78 is 6.11. The molecule has 0 spiro atoms. The highest BCUT2D eigenvalue weighted by Crippen LogP contribution is 2.36. The molecule has 0 bridgehead atoms. The number of hydrogen-bond acceptors (Lipinski definition) is 3. The van der Waals surface area contributed by atoms with Crippen LogP contribution < -0.4 is 0 Å². The van der Waals surface area contributed by atoms with E-state index in [0.29, 0.717) is 19.3 Å². The maximum Gasteiger partial charge on any atom is 0.0752 e. The standard InChI is InChI=1S/C11H14BrNO2/c1-15-10-5-11(14,6-10)4-9-3-2-8(12)7-13-9/h2-3,7,10,14H,4-6H2,1H3. The van der Waals surface area contributed by atoms with Crippen LogP contribution in [-0.4, -0.2) is 28.9 Å². The Morgan fingerprint density at radius 2 is 2.33 bits per heavy atom. The third kappa shape index (κ3) is 2.56. The van der Waals surface area contributed by atoms with Crippen molar-refractivity contribution >= 4 is 15.9 Å². The Morgan fingerprint density at radius 3 is 2.87 bits per heavy atom. The van der Waals surface area contributed by atoms with Crippen LogP contribution in [-0.2, 0) is 11.2 Å². The van der Waals surface area contributed by atoms with Gasteiger partial charge in [-0.05, 0) is 28.1 Å². The second-order valence-corrected chi connectivity index (χ2v) is 5.05. The van der Waals surface area contributed by atoms with Crippen LogP contribution in [0.4, 0.5) is 0 Å². The van der Waals surface area contributed by atoms with E-state index in [1.807, 2.05) is 12.1 Å². The van der Waals surface area contributed by atoms with Crippen LogP contribution in [0.15, 0.2) is 22.8 Å². The van der Waals surface area contributed by atoms with E-state index >= 15 is 0 Å². The van der Waals surface area contributed by atoms with Crippen LogP contribution in [0.2, 0.25) is 0 Å². The number of aromatic nitrogens is 1. The zero-order chi connectivity index (χ0) is 10.9. The van der Waals surface area contributed by atoms with Crippen molar-refractivity contribution in [2.24, 2.45) is 0 Å². The summed E-state index contributed by atoms with van der Waals surface area (Å²) in [7, 11) is 1.68. The molecule has 1 aromatic rings. The highest BCUT2D eigenvalue weighted by molar-refractivity contribution is 9.10. The van der Waals surface area contributed by atoms with E-state index in [1.54, 1.807) is 13.3 Å². The molecular weight excluding hydrogens is 258 g/mol. The van der Waals surface area contributed by atoms with Gasteiger partial charge in [-0.15, -0.1) is 0 Å². The molecule has 1 aromatic heterocycles. The Morgan fingerprint density at radius 1 is 1.60 bits per heavy atom. The van der Waals surface area contributed by atoms with Crippen LogP contribution in [0.1, 0.15) is 18.5 Å². The minimum absolute atomic E-state index is 0.213. The lowest BCUT2D eigenvalue weighted by atomic mass is 9.74. The van der Waals surface area contributed by atoms with E-state index < -0.39 is 5.60 Å². The molecule has 0 atom stereocenters. The second kappa shape index (κ2) is 4.20. The van der Waals surface area contributed by atoms with E-state index in [4.69, 9.17) is 4.74 Å². The summed E-state index contributed by atoms with van der Waals surface area (Å²) >= 11 is 3.33. The fourth-order valence-electron chi connectivity index (χ4n) is 1.95. The molecule has 2 rings (SSSR count). The van der Waals surface area contributed by atoms with Crippen LogP contribution in [0.25, 0.3) is 0 Å². The number of halogens is 1. The van der Waals surface area contributed by atoms with Crippen molar-refractivity contribution in [1.82, 2.24) is 4.98 Å². The molecular formula is C11H14BrNO2. The Bertz CT molecular complexity index is 333. The van der Waals surface area contributed by atoms with E-state index in [9.17, 15) is 5.11 Å². The van der Waals surface area contributed by atoms with Gasteiger partial charge in [0.15, 0.2) is 0 Å². The Kier molecular flexibility index (Phi) is 3.09. The summed E-state index contributed by atoms with van der Waals surface area (Å²) in [4.78, 5) is 4.25. The van der Waals surface area contributed by atoms with Crippen molar-refractivity contribution in [3.63, 3.8) is 0 Å². The average molecular weight is 272 g/mol. The van der Waals surface area contributed by atoms with Gasteiger partial charge in [0.05, 0.1) is 11.7 Å². The van der Waals surface area contributed by atoms with Crippen molar-refractivity contribution in [3.8, 4) is 0 Å². The number of rotatable bonds is 3. The maximum atomic E-state index is 10.1. The minimum Gasteiger partial charge on any atom is -0.389 e. The molecule has 1 N–H and O–H groups in total. The lowest BCUT2D eigenvalue weighted by Gasteiger charge is -2.42. The number of pyridine rings is 1. The van der Waals surface area contributed by atoms with E-state index in [1.165, 1.54) is 0 Å². The Balaban J connectivity index is 1.95. The lowest BCUT2D eigenvalue weighted by Crippen LogP contribution is -2.49. The first-order chi connectivity index (χ1) is 7.11. The topological polar surface area (TPSA) is 42.4 Å². The number of methoxy groups -OCH3 is 1. The van der Waals surface area contributed by atoms with Gasteiger partial charge in [0.2, 0.25) is 0 Å². The molecule has 0 amide bonds. The van der Waals surface area contributed by atoms with Crippen LogP contribution in [0.5, 0.6) is 0 Å². The predicted molar refractivity (Wildman–Crippen MR) is 60.6 cm³/mol. The van der Waals surface area contributed by atoms with Crippen LogP contribution >= 0.6 is 15.9 Å². The van der Waals surface area contributed by atoms with Crippen molar-refractivity contribution in [2.45, 2.75) is 31.0 Å². The average Bonchev–Trinajstić information content (AvgIpc) is 2.17. The molecule has 3 nitrogen and oxygen atoms in total. The van der Waals surface area contributed by atoms with E-state index in [-0.39, 0.29) is 6.10 Å². The molecule has 1 aliphatic carbocycles. The van der Waals surface area contributed by atoms with Crippen molar-refractivity contribution in [3.05, 3.63) is 28.5 Å². The van der Waals surface area contributed by atoms with E-state index in [2.05, 4.69) is 20.9 Å². The molecule has 4 heteroatoms. The van der Waals surface area contributed by atoms with Crippen molar-refractivity contribution in [2.75, 3.05) is 7.11 Å². The van der Waals surface area contributed by atoms with Gasteiger partial charge in [-0.1, -0.05) is 0 Å². The monoisotopic (exact) mass is 271 g/mol. The normalized spacial score (nSPS) is 29.9. The number of aliphatic hydroxyl groups is 1. The molecule has 1 heterocycles. The minimum atomic E-state index is -0.610. The summed E-state index contributed by atoms with van der Waals surface area (Å²) in [5.41, 5.74) is 0.317. The largest absolute Gasteiger partial charge is 0.389 e. The summed E-state index contributed by atoms with van der Waals surface area (Å²) in [6, 6.07) is 3.88. The quantitative estimate of drug-likeness (QED) is 0.914. The fraction of sp³-hybridized carbons (Fsp3) is 0.545. The predicted octanol–water partition coefficient (Wildman–Crippen LogP) is 1.93. The van der Waals surface area contributed by atoms with Crippen molar-refractivity contribution < 1.29 is 9.84 Å². The third-order valence-corrected chi connectivity index (χ3v) is 3.32. The number of nitrogens with zero attached hydrogens (tertiary/aromatic N) is 1. The van der Waals surface area contributed by atoms with Gasteiger partial charge in [-0.25, -0.2) is 0 Å². The van der Waals surface area contributed by atoms with E-state index in [0.717, 1.165) is 10.2 Å². The molecule has 15 heavy (non-hydrogen) atoms. The van der Waals surface area contributed by atoms with Gasteiger partial charge >= 0.3 is 0 Å². The zero-order valence-electron chi connectivity index (χ0n) is 8.61. The molecule has 1 aliphatic rings. The molecule has 0 aliphatic heterocycles. The van der Waals surface area contributed by atoms with Crippen LogP contribution in [0.3, 0.4) is 0 Å². The number of ether oxygens (including phenoxy) is 1. The van der Waals surface area contributed by atoms with Gasteiger partial charge in [0, 0.05) is 42.7 Å². The SMILES string of the molecule is COC1CC(O)(Cc2ccc(Br)cn2)C1. The third-order valence-electron chi connectivity index (χ3n) is 2.85. The van der Waals surface area contributed by atoms with Gasteiger partial charge in [-0.2, -0.15) is 0 Å². The highest BCUT2D eigenvalue weighted by Gasteiger charge is 2.43. The maximum absolute atomic E-state index is 10.1. The smallest absolute Gasteiger partial charge is 0.0752 e. The Hall–Kier alpha value is -0.450. The summed E-state index contributed by atoms with van der Waals surface area (Å²) in [6.07, 6.45) is 4.00. The zero-order valence-corrected chi connectivity index (χ0v) is 10.2. The summed E-state index contributed by atoms with van der Waals surface area (Å²) in [6.45, 7) is 0.